The fraction of sp³-hybridized carbons (Fsp3) is 0.364. The molecule has 0 fully saturated rings. The van der Waals surface area contributed by atoms with Crippen LogP contribution in [0.2, 0.25) is 0 Å². The summed E-state index contributed by atoms with van der Waals surface area (Å²) in [7, 11) is -2.94. The molecule has 0 amide bonds. The minimum atomic E-state index is -2.94. The van der Waals surface area contributed by atoms with Gasteiger partial charge in [-0.3, -0.25) is 4.68 Å². The Labute approximate surface area is 114 Å². The Hall–Kier alpha value is -0.630. The van der Waals surface area contributed by atoms with Gasteiger partial charge in [0.2, 0.25) is 0 Å². The van der Waals surface area contributed by atoms with E-state index in [1.54, 1.807) is 17.8 Å². The smallest absolute Gasteiger partial charge is 0.151 e. The van der Waals surface area contributed by atoms with Crippen LogP contribution >= 0.6 is 22.6 Å². The van der Waals surface area contributed by atoms with Gasteiger partial charge in [0, 0.05) is 14.7 Å². The van der Waals surface area contributed by atoms with Crippen LogP contribution in [0, 0.1) is 3.57 Å². The molecule has 6 heteroatoms. The third-order valence-electron chi connectivity index (χ3n) is 2.66. The molecule has 4 nitrogen and oxygen atoms in total. The molecule has 0 saturated carbocycles. The van der Waals surface area contributed by atoms with Gasteiger partial charge in [0.05, 0.1) is 24.0 Å². The summed E-state index contributed by atoms with van der Waals surface area (Å²) in [6, 6.07) is 6.02. The number of aryl methyl sites for hydroxylation is 1. The topological polar surface area (TPSA) is 52.0 Å². The van der Waals surface area contributed by atoms with Crippen molar-refractivity contribution in [3.63, 3.8) is 0 Å². The highest BCUT2D eigenvalue weighted by Gasteiger charge is 2.09. The van der Waals surface area contributed by atoms with E-state index in [-0.39, 0.29) is 11.5 Å². The van der Waals surface area contributed by atoms with E-state index in [0.29, 0.717) is 6.54 Å². The Bertz CT molecular complexity index is 634. The van der Waals surface area contributed by atoms with Gasteiger partial charge in [-0.2, -0.15) is 5.10 Å². The molecule has 0 aliphatic carbocycles. The van der Waals surface area contributed by atoms with Crippen LogP contribution in [-0.4, -0.2) is 29.7 Å². The third kappa shape index (κ3) is 2.98. The summed E-state index contributed by atoms with van der Waals surface area (Å²) in [6.07, 6.45) is 1.77. The second kappa shape index (κ2) is 4.93. The summed E-state index contributed by atoms with van der Waals surface area (Å²) in [6.45, 7) is 2.08. The number of halogens is 1. The zero-order valence-electron chi connectivity index (χ0n) is 9.43. The van der Waals surface area contributed by atoms with Crippen molar-refractivity contribution in [3.05, 3.63) is 28.0 Å². The maximum absolute atomic E-state index is 11.5. The fourth-order valence-electron chi connectivity index (χ4n) is 1.59. The van der Waals surface area contributed by atoms with Gasteiger partial charge in [0.15, 0.2) is 9.84 Å². The van der Waals surface area contributed by atoms with Gasteiger partial charge in [0.1, 0.15) is 0 Å². The van der Waals surface area contributed by atoms with Crippen molar-refractivity contribution < 1.29 is 8.42 Å². The zero-order valence-corrected chi connectivity index (χ0v) is 12.4. The lowest BCUT2D eigenvalue weighted by atomic mass is 10.3. The van der Waals surface area contributed by atoms with Crippen molar-refractivity contribution in [2.24, 2.45) is 0 Å². The number of hydrogen-bond acceptors (Lipinski definition) is 3. The monoisotopic (exact) mass is 364 g/mol. The highest BCUT2D eigenvalue weighted by atomic mass is 127. The van der Waals surface area contributed by atoms with Crippen molar-refractivity contribution in [1.29, 1.82) is 0 Å². The van der Waals surface area contributed by atoms with Gasteiger partial charge >= 0.3 is 0 Å². The van der Waals surface area contributed by atoms with Crippen LogP contribution in [0.3, 0.4) is 0 Å². The molecule has 0 aliphatic heterocycles. The van der Waals surface area contributed by atoms with Crippen molar-refractivity contribution in [2.45, 2.75) is 13.5 Å². The Morgan fingerprint density at radius 1 is 1.41 bits per heavy atom. The van der Waals surface area contributed by atoms with E-state index in [1.165, 1.54) is 0 Å². The first-order chi connectivity index (χ1) is 8.02. The summed E-state index contributed by atoms with van der Waals surface area (Å²) in [5.74, 6) is 0.329. The number of nitrogens with zero attached hydrogens (tertiary/aromatic N) is 2. The summed E-state index contributed by atoms with van der Waals surface area (Å²) in [4.78, 5) is 0. The van der Waals surface area contributed by atoms with E-state index in [4.69, 9.17) is 0 Å². The summed E-state index contributed by atoms with van der Waals surface area (Å²) in [5, 5.41) is 5.26. The first kappa shape index (κ1) is 12.8. The van der Waals surface area contributed by atoms with E-state index < -0.39 is 9.84 Å². The molecular weight excluding hydrogens is 351 g/mol. The number of hydrogen-bond donors (Lipinski definition) is 0. The predicted octanol–water partition coefficient (Wildman–Crippen LogP) is 2.08. The minimum Gasteiger partial charge on any atom is -0.264 e. The molecule has 1 aromatic heterocycles. The molecule has 0 unspecified atom stereocenters. The fourth-order valence-corrected chi connectivity index (χ4v) is 2.81. The average molecular weight is 364 g/mol. The molecule has 2 rings (SSSR count). The Kier molecular flexibility index (Phi) is 3.72. The first-order valence-corrected chi connectivity index (χ1v) is 8.23. The summed E-state index contributed by atoms with van der Waals surface area (Å²) in [5.41, 5.74) is 0.989. The number of rotatable bonds is 4. The molecule has 1 aromatic carbocycles. The van der Waals surface area contributed by atoms with Gasteiger partial charge in [-0.15, -0.1) is 0 Å². The molecule has 1 heterocycles. The van der Waals surface area contributed by atoms with E-state index >= 15 is 0 Å². The van der Waals surface area contributed by atoms with Crippen LogP contribution in [0.4, 0.5) is 0 Å². The molecule has 0 saturated heterocycles. The van der Waals surface area contributed by atoms with Crippen molar-refractivity contribution in [3.8, 4) is 0 Å². The van der Waals surface area contributed by atoms with Crippen LogP contribution < -0.4 is 0 Å². The van der Waals surface area contributed by atoms with Gasteiger partial charge < -0.3 is 0 Å². The number of aromatic nitrogens is 2. The zero-order chi connectivity index (χ0) is 12.5. The SMILES string of the molecule is CCS(=O)(=O)CCn1ncc2ccc(I)cc21. The molecule has 2 aromatic rings. The molecule has 0 atom stereocenters. The normalized spacial score (nSPS) is 12.1. The Morgan fingerprint density at radius 2 is 2.18 bits per heavy atom. The highest BCUT2D eigenvalue weighted by Crippen LogP contribution is 2.17. The molecule has 0 radical (unpaired) electrons. The van der Waals surface area contributed by atoms with Gasteiger partial charge in [-0.1, -0.05) is 13.0 Å². The van der Waals surface area contributed by atoms with Crippen molar-refractivity contribution in [2.75, 3.05) is 11.5 Å². The Balaban J connectivity index is 2.28. The van der Waals surface area contributed by atoms with Crippen molar-refractivity contribution >= 4 is 43.3 Å². The third-order valence-corrected chi connectivity index (χ3v) is 5.02. The number of sulfone groups is 1. The molecule has 92 valence electrons. The quantitative estimate of drug-likeness (QED) is 0.781. The lowest BCUT2D eigenvalue weighted by Crippen LogP contribution is -2.15. The number of fused-ring (bicyclic) bond motifs is 1. The Morgan fingerprint density at radius 3 is 2.88 bits per heavy atom. The lowest BCUT2D eigenvalue weighted by Gasteiger charge is -2.04. The molecule has 0 N–H and O–H groups in total. The molecule has 17 heavy (non-hydrogen) atoms. The minimum absolute atomic E-state index is 0.145. The highest BCUT2D eigenvalue weighted by molar-refractivity contribution is 14.1. The molecule has 0 bridgehead atoms. The summed E-state index contributed by atoms with van der Waals surface area (Å²) >= 11 is 2.23. The summed E-state index contributed by atoms with van der Waals surface area (Å²) < 4.78 is 25.8. The molecule has 0 aliphatic rings. The van der Waals surface area contributed by atoms with E-state index in [2.05, 4.69) is 27.7 Å². The predicted molar refractivity (Wildman–Crippen MR) is 76.8 cm³/mol. The van der Waals surface area contributed by atoms with Crippen LogP contribution in [0.1, 0.15) is 6.92 Å². The lowest BCUT2D eigenvalue weighted by molar-refractivity contribution is 0.585. The first-order valence-electron chi connectivity index (χ1n) is 5.33. The van der Waals surface area contributed by atoms with E-state index in [9.17, 15) is 8.42 Å². The van der Waals surface area contributed by atoms with E-state index in [0.717, 1.165) is 14.5 Å². The second-order valence-corrected chi connectivity index (χ2v) is 7.53. The maximum Gasteiger partial charge on any atom is 0.151 e. The van der Waals surface area contributed by atoms with Gasteiger partial charge in [-0.05, 0) is 34.7 Å². The van der Waals surface area contributed by atoms with Crippen molar-refractivity contribution in [1.82, 2.24) is 9.78 Å². The van der Waals surface area contributed by atoms with Crippen LogP contribution in [0.25, 0.3) is 10.9 Å². The maximum atomic E-state index is 11.5. The van der Waals surface area contributed by atoms with Crippen LogP contribution in [-0.2, 0) is 16.4 Å². The molecule has 0 spiro atoms. The average Bonchev–Trinajstić information content (AvgIpc) is 2.69. The van der Waals surface area contributed by atoms with Crippen LogP contribution in [0.5, 0.6) is 0 Å². The standard InChI is InChI=1S/C11H13IN2O2S/c1-2-17(15,16)6-5-14-11-7-10(12)4-3-9(11)8-13-14/h3-4,7-8H,2,5-6H2,1H3. The molecular formula is C11H13IN2O2S. The van der Waals surface area contributed by atoms with Gasteiger partial charge in [-0.25, -0.2) is 8.42 Å². The number of benzene rings is 1. The van der Waals surface area contributed by atoms with Gasteiger partial charge in [0.25, 0.3) is 0 Å². The second-order valence-electron chi connectivity index (χ2n) is 3.81. The largest absolute Gasteiger partial charge is 0.264 e. The van der Waals surface area contributed by atoms with Crippen LogP contribution in [0.15, 0.2) is 24.4 Å². The van der Waals surface area contributed by atoms with E-state index in [1.807, 2.05) is 18.2 Å².